The van der Waals surface area contributed by atoms with Gasteiger partial charge in [0.05, 0.1) is 0 Å². The molecule has 1 aromatic rings. The van der Waals surface area contributed by atoms with Crippen LogP contribution in [0.3, 0.4) is 0 Å². The summed E-state index contributed by atoms with van der Waals surface area (Å²) in [7, 11) is 0. The van der Waals surface area contributed by atoms with Gasteiger partial charge in [0, 0.05) is 31.2 Å². The Labute approximate surface area is 140 Å². The molecule has 23 heavy (non-hydrogen) atoms. The molecule has 1 amide bonds. The summed E-state index contributed by atoms with van der Waals surface area (Å²) in [6.07, 6.45) is 9.20. The Balaban J connectivity index is 1.53. The molecule has 3 nitrogen and oxygen atoms in total. The van der Waals surface area contributed by atoms with Crippen LogP contribution in [-0.4, -0.2) is 25.5 Å². The first-order chi connectivity index (χ1) is 11.3. The summed E-state index contributed by atoms with van der Waals surface area (Å²) in [5, 5.41) is 3.13. The first-order valence-corrected chi connectivity index (χ1v) is 9.42. The fourth-order valence-corrected chi connectivity index (χ4v) is 4.05. The Kier molecular flexibility index (Phi) is 5.58. The number of amides is 1. The van der Waals surface area contributed by atoms with Crippen molar-refractivity contribution in [3.63, 3.8) is 0 Å². The maximum Gasteiger partial charge on any atom is 0.223 e. The largest absolute Gasteiger partial charge is 0.371 e. The average Bonchev–Trinajstić information content (AvgIpc) is 3.10. The van der Waals surface area contributed by atoms with Crippen molar-refractivity contribution in [3.8, 4) is 0 Å². The molecule has 1 saturated carbocycles. The highest BCUT2D eigenvalue weighted by atomic mass is 16.1. The van der Waals surface area contributed by atoms with E-state index in [9.17, 15) is 4.79 Å². The molecule has 0 spiro atoms. The number of anilines is 1. The van der Waals surface area contributed by atoms with Crippen molar-refractivity contribution in [2.45, 2.75) is 58.3 Å². The Morgan fingerprint density at radius 3 is 2.87 bits per heavy atom. The van der Waals surface area contributed by atoms with Gasteiger partial charge in [-0.2, -0.15) is 0 Å². The quantitative estimate of drug-likeness (QED) is 0.868. The minimum Gasteiger partial charge on any atom is -0.371 e. The van der Waals surface area contributed by atoms with Crippen LogP contribution in [0.5, 0.6) is 0 Å². The molecule has 3 heteroatoms. The van der Waals surface area contributed by atoms with E-state index in [1.807, 2.05) is 0 Å². The van der Waals surface area contributed by atoms with E-state index in [0.29, 0.717) is 0 Å². The SMILES string of the molecule is CCCN1CCCc2cc(CCNC(=O)C3CCCC3)ccc21. The standard InChI is InChI=1S/C20H30N2O/c1-2-13-22-14-5-8-18-15-16(9-10-19(18)22)11-12-21-20(23)17-6-3-4-7-17/h9-10,15,17H,2-8,11-14H2,1H3,(H,21,23). The van der Waals surface area contributed by atoms with Gasteiger partial charge in [-0.1, -0.05) is 31.9 Å². The third-order valence-corrected chi connectivity index (χ3v) is 5.29. The number of hydrogen-bond donors (Lipinski definition) is 1. The zero-order valence-corrected chi connectivity index (χ0v) is 14.4. The number of benzene rings is 1. The number of rotatable bonds is 6. The minimum absolute atomic E-state index is 0.273. The molecule has 1 aromatic carbocycles. The van der Waals surface area contributed by atoms with Crippen molar-refractivity contribution in [3.05, 3.63) is 29.3 Å². The van der Waals surface area contributed by atoms with E-state index in [2.05, 4.69) is 35.3 Å². The van der Waals surface area contributed by atoms with Crippen molar-refractivity contribution in [1.29, 1.82) is 0 Å². The molecule has 126 valence electrons. The number of nitrogens with one attached hydrogen (secondary N) is 1. The predicted octanol–water partition coefficient (Wildman–Crippen LogP) is 3.70. The van der Waals surface area contributed by atoms with Gasteiger partial charge in [0.25, 0.3) is 0 Å². The topological polar surface area (TPSA) is 32.3 Å². The van der Waals surface area contributed by atoms with Crippen LogP contribution in [-0.2, 0) is 17.6 Å². The first kappa shape index (κ1) is 16.4. The maximum atomic E-state index is 12.1. The van der Waals surface area contributed by atoms with E-state index in [1.165, 1.54) is 55.5 Å². The molecule has 0 radical (unpaired) electrons. The minimum atomic E-state index is 0.273. The van der Waals surface area contributed by atoms with E-state index >= 15 is 0 Å². The fourth-order valence-electron chi connectivity index (χ4n) is 4.05. The molecule has 0 bridgehead atoms. The lowest BCUT2D eigenvalue weighted by Gasteiger charge is -2.31. The number of fused-ring (bicyclic) bond motifs is 1. The second kappa shape index (κ2) is 7.85. The van der Waals surface area contributed by atoms with Crippen molar-refractivity contribution in [2.75, 3.05) is 24.5 Å². The van der Waals surface area contributed by atoms with Crippen LogP contribution in [0.2, 0.25) is 0 Å². The van der Waals surface area contributed by atoms with Gasteiger partial charge in [-0.15, -0.1) is 0 Å². The van der Waals surface area contributed by atoms with Crippen LogP contribution >= 0.6 is 0 Å². The van der Waals surface area contributed by atoms with Gasteiger partial charge in [0.2, 0.25) is 5.91 Å². The van der Waals surface area contributed by atoms with E-state index in [0.717, 1.165) is 32.4 Å². The molecule has 1 N–H and O–H groups in total. The van der Waals surface area contributed by atoms with E-state index in [4.69, 9.17) is 0 Å². The molecule has 0 unspecified atom stereocenters. The zero-order chi connectivity index (χ0) is 16.1. The van der Waals surface area contributed by atoms with Gasteiger partial charge < -0.3 is 10.2 Å². The predicted molar refractivity (Wildman–Crippen MR) is 95.9 cm³/mol. The first-order valence-electron chi connectivity index (χ1n) is 9.42. The molecule has 0 atom stereocenters. The summed E-state index contributed by atoms with van der Waals surface area (Å²) in [6, 6.07) is 6.89. The van der Waals surface area contributed by atoms with Crippen LogP contribution in [0.25, 0.3) is 0 Å². The second-order valence-electron chi connectivity index (χ2n) is 7.08. The summed E-state index contributed by atoms with van der Waals surface area (Å²) in [5.41, 5.74) is 4.27. The highest BCUT2D eigenvalue weighted by Gasteiger charge is 2.22. The Morgan fingerprint density at radius 2 is 2.09 bits per heavy atom. The van der Waals surface area contributed by atoms with Gasteiger partial charge in [-0.05, 0) is 55.7 Å². The van der Waals surface area contributed by atoms with Crippen molar-refractivity contribution < 1.29 is 4.79 Å². The monoisotopic (exact) mass is 314 g/mol. The van der Waals surface area contributed by atoms with Crippen molar-refractivity contribution >= 4 is 11.6 Å². The Morgan fingerprint density at radius 1 is 1.26 bits per heavy atom. The van der Waals surface area contributed by atoms with Crippen molar-refractivity contribution in [2.24, 2.45) is 5.92 Å². The molecule has 2 aliphatic rings. The molecular weight excluding hydrogens is 284 g/mol. The molecule has 1 heterocycles. The number of carbonyl (C=O) groups excluding carboxylic acids is 1. The van der Waals surface area contributed by atoms with Crippen LogP contribution in [0.4, 0.5) is 5.69 Å². The van der Waals surface area contributed by atoms with Gasteiger partial charge in [-0.3, -0.25) is 4.79 Å². The highest BCUT2D eigenvalue weighted by Crippen LogP contribution is 2.28. The summed E-state index contributed by atoms with van der Waals surface area (Å²) in [6.45, 7) is 5.36. The van der Waals surface area contributed by atoms with Crippen LogP contribution in [0.1, 0.15) is 56.6 Å². The second-order valence-corrected chi connectivity index (χ2v) is 7.08. The van der Waals surface area contributed by atoms with Crippen molar-refractivity contribution in [1.82, 2.24) is 5.32 Å². The third kappa shape index (κ3) is 4.07. The number of nitrogens with zero attached hydrogens (tertiary/aromatic N) is 1. The lowest BCUT2D eigenvalue weighted by Crippen LogP contribution is -2.31. The third-order valence-electron chi connectivity index (χ3n) is 5.29. The Hall–Kier alpha value is -1.51. The summed E-state index contributed by atoms with van der Waals surface area (Å²) < 4.78 is 0. The molecule has 1 fully saturated rings. The van der Waals surface area contributed by atoms with Crippen LogP contribution < -0.4 is 10.2 Å². The van der Waals surface area contributed by atoms with Crippen LogP contribution in [0.15, 0.2) is 18.2 Å². The molecule has 0 aromatic heterocycles. The molecule has 3 rings (SSSR count). The molecular formula is C20H30N2O. The van der Waals surface area contributed by atoms with Gasteiger partial charge in [-0.25, -0.2) is 0 Å². The van der Waals surface area contributed by atoms with Gasteiger partial charge >= 0.3 is 0 Å². The maximum absolute atomic E-state index is 12.1. The number of hydrogen-bond acceptors (Lipinski definition) is 2. The normalized spacial score (nSPS) is 18.0. The highest BCUT2D eigenvalue weighted by molar-refractivity contribution is 5.78. The van der Waals surface area contributed by atoms with Gasteiger partial charge in [0.15, 0.2) is 0 Å². The van der Waals surface area contributed by atoms with E-state index in [1.54, 1.807) is 0 Å². The summed E-state index contributed by atoms with van der Waals surface area (Å²) in [5.74, 6) is 0.552. The lowest BCUT2D eigenvalue weighted by atomic mass is 9.98. The summed E-state index contributed by atoms with van der Waals surface area (Å²) in [4.78, 5) is 14.6. The zero-order valence-electron chi connectivity index (χ0n) is 14.4. The lowest BCUT2D eigenvalue weighted by molar-refractivity contribution is -0.124. The number of aryl methyl sites for hydroxylation is 1. The smallest absolute Gasteiger partial charge is 0.223 e. The van der Waals surface area contributed by atoms with Crippen LogP contribution in [0, 0.1) is 5.92 Å². The van der Waals surface area contributed by atoms with E-state index < -0.39 is 0 Å². The van der Waals surface area contributed by atoms with Gasteiger partial charge in [0.1, 0.15) is 0 Å². The average molecular weight is 314 g/mol. The van der Waals surface area contributed by atoms with E-state index in [-0.39, 0.29) is 11.8 Å². The molecule has 1 aliphatic heterocycles. The fraction of sp³-hybridized carbons (Fsp3) is 0.650. The summed E-state index contributed by atoms with van der Waals surface area (Å²) >= 11 is 0. The molecule has 1 aliphatic carbocycles. The Bertz CT molecular complexity index is 534. The number of carbonyl (C=O) groups is 1. The molecule has 0 saturated heterocycles.